The Labute approximate surface area is 129 Å². The van der Waals surface area contributed by atoms with Crippen molar-refractivity contribution < 1.29 is 23.8 Å². The summed E-state index contributed by atoms with van der Waals surface area (Å²) in [5.74, 6) is -1.70. The van der Waals surface area contributed by atoms with Gasteiger partial charge in [-0.05, 0) is 29.8 Å². The largest absolute Gasteiger partial charge is 0.496 e. The number of furan rings is 1. The van der Waals surface area contributed by atoms with Gasteiger partial charge in [0.05, 0.1) is 17.8 Å². The lowest BCUT2D eigenvalue weighted by atomic mass is 10.1. The first kappa shape index (κ1) is 15.2. The molecule has 110 valence electrons. The van der Waals surface area contributed by atoms with Gasteiger partial charge in [-0.3, -0.25) is 4.79 Å². The molecule has 2 rings (SSSR count). The Balaban J connectivity index is 2.32. The van der Waals surface area contributed by atoms with Crippen LogP contribution in [0.1, 0.15) is 20.9 Å². The van der Waals surface area contributed by atoms with Gasteiger partial charge < -0.3 is 19.6 Å². The van der Waals surface area contributed by atoms with Crippen LogP contribution in [0.4, 0.5) is 5.69 Å². The zero-order chi connectivity index (χ0) is 15.6. The van der Waals surface area contributed by atoms with E-state index in [1.165, 1.54) is 31.4 Å². The molecule has 1 aromatic heterocycles. The number of ether oxygens (including phenoxy) is 1. The number of benzene rings is 1. The summed E-state index contributed by atoms with van der Waals surface area (Å²) >= 11 is 11.5. The number of carboxylic acids is 1. The Bertz CT molecular complexity index is 711. The second kappa shape index (κ2) is 6.07. The summed E-state index contributed by atoms with van der Waals surface area (Å²) in [7, 11) is 1.31. The molecule has 2 aromatic rings. The van der Waals surface area contributed by atoms with Gasteiger partial charge in [-0.1, -0.05) is 11.6 Å². The molecular weight excluding hydrogens is 321 g/mol. The molecule has 0 aliphatic rings. The predicted octanol–water partition coefficient (Wildman–Crippen LogP) is 3.55. The fourth-order valence-corrected chi connectivity index (χ4v) is 1.96. The van der Waals surface area contributed by atoms with Gasteiger partial charge >= 0.3 is 5.97 Å². The first-order chi connectivity index (χ1) is 9.92. The number of carbonyl (C=O) groups excluding carboxylic acids is 1. The Kier molecular flexibility index (Phi) is 4.40. The van der Waals surface area contributed by atoms with Crippen LogP contribution < -0.4 is 10.1 Å². The minimum Gasteiger partial charge on any atom is -0.496 e. The lowest BCUT2D eigenvalue weighted by Gasteiger charge is -2.10. The number of carboxylic acid groups (broad SMARTS) is 1. The SMILES string of the molecule is COc1cc(NC(=O)c2ccc(Cl)o2)c(Cl)cc1C(=O)O. The summed E-state index contributed by atoms with van der Waals surface area (Å²) in [6.45, 7) is 0. The van der Waals surface area contributed by atoms with E-state index in [1.807, 2.05) is 0 Å². The molecule has 21 heavy (non-hydrogen) atoms. The highest BCUT2D eigenvalue weighted by Crippen LogP contribution is 2.31. The number of hydrogen-bond acceptors (Lipinski definition) is 4. The van der Waals surface area contributed by atoms with Crippen LogP contribution in [-0.2, 0) is 0 Å². The van der Waals surface area contributed by atoms with Crippen LogP contribution in [-0.4, -0.2) is 24.1 Å². The molecule has 2 N–H and O–H groups in total. The second-order valence-corrected chi connectivity index (χ2v) is 4.68. The number of hydrogen-bond donors (Lipinski definition) is 2. The van der Waals surface area contributed by atoms with Crippen molar-refractivity contribution in [2.75, 3.05) is 12.4 Å². The van der Waals surface area contributed by atoms with Gasteiger partial charge in [0.1, 0.15) is 11.3 Å². The minimum absolute atomic E-state index is 0.00246. The van der Waals surface area contributed by atoms with Crippen molar-refractivity contribution in [3.8, 4) is 5.75 Å². The maximum absolute atomic E-state index is 11.9. The summed E-state index contributed by atoms with van der Waals surface area (Å²) in [4.78, 5) is 23.0. The highest BCUT2D eigenvalue weighted by molar-refractivity contribution is 6.34. The molecule has 1 amide bonds. The third kappa shape index (κ3) is 3.29. The van der Waals surface area contributed by atoms with E-state index in [0.717, 1.165) is 0 Å². The van der Waals surface area contributed by atoms with E-state index < -0.39 is 11.9 Å². The maximum Gasteiger partial charge on any atom is 0.339 e. The predicted molar refractivity (Wildman–Crippen MR) is 76.6 cm³/mol. The third-order valence-electron chi connectivity index (χ3n) is 2.56. The molecule has 0 fully saturated rings. The zero-order valence-corrected chi connectivity index (χ0v) is 12.2. The molecule has 0 atom stereocenters. The Morgan fingerprint density at radius 3 is 2.52 bits per heavy atom. The van der Waals surface area contributed by atoms with Crippen molar-refractivity contribution in [2.24, 2.45) is 0 Å². The molecule has 8 heteroatoms. The van der Waals surface area contributed by atoms with E-state index >= 15 is 0 Å². The molecule has 0 spiro atoms. The van der Waals surface area contributed by atoms with Gasteiger partial charge in [-0.15, -0.1) is 0 Å². The van der Waals surface area contributed by atoms with Crippen LogP contribution in [0.2, 0.25) is 10.2 Å². The summed E-state index contributed by atoms with van der Waals surface area (Å²) < 4.78 is 9.92. The van der Waals surface area contributed by atoms with E-state index in [-0.39, 0.29) is 33.0 Å². The van der Waals surface area contributed by atoms with Gasteiger partial charge in [0.2, 0.25) is 0 Å². The van der Waals surface area contributed by atoms with Crippen LogP contribution >= 0.6 is 23.2 Å². The van der Waals surface area contributed by atoms with Gasteiger partial charge in [0.15, 0.2) is 11.0 Å². The van der Waals surface area contributed by atoms with Crippen molar-refractivity contribution in [3.05, 3.63) is 45.8 Å². The smallest absolute Gasteiger partial charge is 0.339 e. The molecule has 1 heterocycles. The fourth-order valence-electron chi connectivity index (χ4n) is 1.61. The molecular formula is C13H9Cl2NO5. The number of methoxy groups -OCH3 is 1. The minimum atomic E-state index is -1.19. The van der Waals surface area contributed by atoms with E-state index in [0.29, 0.717) is 0 Å². The zero-order valence-electron chi connectivity index (χ0n) is 10.6. The Hall–Kier alpha value is -2.18. The van der Waals surface area contributed by atoms with Gasteiger partial charge in [0.25, 0.3) is 5.91 Å². The highest BCUT2D eigenvalue weighted by Gasteiger charge is 2.18. The van der Waals surface area contributed by atoms with Crippen LogP contribution in [0.15, 0.2) is 28.7 Å². The molecule has 1 aromatic carbocycles. The topological polar surface area (TPSA) is 88.8 Å². The van der Waals surface area contributed by atoms with Crippen molar-refractivity contribution in [3.63, 3.8) is 0 Å². The number of rotatable bonds is 4. The summed E-state index contributed by atoms with van der Waals surface area (Å²) in [5.41, 5.74) is 0.0811. The van der Waals surface area contributed by atoms with Crippen LogP contribution in [0.3, 0.4) is 0 Å². The van der Waals surface area contributed by atoms with Gasteiger partial charge in [0, 0.05) is 6.07 Å². The number of amides is 1. The van der Waals surface area contributed by atoms with Crippen LogP contribution in [0.5, 0.6) is 5.75 Å². The first-order valence-corrected chi connectivity index (χ1v) is 6.35. The fraction of sp³-hybridized carbons (Fsp3) is 0.0769. The standard InChI is InChI=1S/C13H9Cl2NO5/c1-20-10-5-8(7(14)4-6(10)13(18)19)16-12(17)9-2-3-11(15)21-9/h2-5H,1H3,(H,16,17)(H,18,19). The number of aromatic carboxylic acids is 1. The first-order valence-electron chi connectivity index (χ1n) is 5.60. The van der Waals surface area contributed by atoms with Crippen molar-refractivity contribution in [2.45, 2.75) is 0 Å². The second-order valence-electron chi connectivity index (χ2n) is 3.90. The lowest BCUT2D eigenvalue weighted by molar-refractivity contribution is 0.0693. The van der Waals surface area contributed by atoms with Crippen LogP contribution in [0, 0.1) is 0 Å². The summed E-state index contributed by atoms with van der Waals surface area (Å²) in [6.07, 6.45) is 0. The molecule has 0 saturated heterocycles. The molecule has 0 aliphatic carbocycles. The van der Waals surface area contributed by atoms with Gasteiger partial charge in [-0.25, -0.2) is 4.79 Å². The molecule has 0 bridgehead atoms. The molecule has 0 saturated carbocycles. The van der Waals surface area contributed by atoms with Crippen molar-refractivity contribution >= 4 is 40.8 Å². The quantitative estimate of drug-likeness (QED) is 0.895. The van der Waals surface area contributed by atoms with E-state index in [2.05, 4.69) is 5.32 Å². The third-order valence-corrected chi connectivity index (χ3v) is 3.08. The Morgan fingerprint density at radius 1 is 1.29 bits per heavy atom. The molecule has 6 nitrogen and oxygen atoms in total. The summed E-state index contributed by atoms with van der Waals surface area (Å²) in [5, 5.41) is 11.6. The normalized spacial score (nSPS) is 10.2. The summed E-state index contributed by atoms with van der Waals surface area (Å²) in [6, 6.07) is 5.32. The van der Waals surface area contributed by atoms with E-state index in [1.54, 1.807) is 0 Å². The average Bonchev–Trinajstić information content (AvgIpc) is 2.87. The van der Waals surface area contributed by atoms with E-state index in [9.17, 15) is 9.59 Å². The van der Waals surface area contributed by atoms with Crippen molar-refractivity contribution in [1.82, 2.24) is 0 Å². The number of nitrogens with one attached hydrogen (secondary N) is 1. The average molecular weight is 330 g/mol. The van der Waals surface area contributed by atoms with Gasteiger partial charge in [-0.2, -0.15) is 0 Å². The van der Waals surface area contributed by atoms with Crippen molar-refractivity contribution in [1.29, 1.82) is 0 Å². The Morgan fingerprint density at radius 2 is 2.00 bits per heavy atom. The molecule has 0 radical (unpaired) electrons. The monoisotopic (exact) mass is 329 g/mol. The number of halogens is 2. The molecule has 0 unspecified atom stereocenters. The van der Waals surface area contributed by atoms with E-state index in [4.69, 9.17) is 37.5 Å². The number of anilines is 1. The lowest BCUT2D eigenvalue weighted by Crippen LogP contribution is -2.12. The van der Waals surface area contributed by atoms with Crippen LogP contribution in [0.25, 0.3) is 0 Å². The molecule has 0 aliphatic heterocycles. The number of carbonyl (C=O) groups is 2. The maximum atomic E-state index is 11.9. The highest BCUT2D eigenvalue weighted by atomic mass is 35.5.